The highest BCUT2D eigenvalue weighted by Gasteiger charge is 2.30. The van der Waals surface area contributed by atoms with Crippen molar-refractivity contribution in [2.75, 3.05) is 19.0 Å². The summed E-state index contributed by atoms with van der Waals surface area (Å²) in [5, 5.41) is 1.30. The largest absolute Gasteiger partial charge is 0.370 e. The molecule has 1 aromatic rings. The van der Waals surface area contributed by atoms with Crippen LogP contribution in [0.4, 0.5) is 5.00 Å². The number of nitrogens with zero attached hydrogens (tertiary/aromatic N) is 1. The van der Waals surface area contributed by atoms with E-state index in [-0.39, 0.29) is 0 Å². The summed E-state index contributed by atoms with van der Waals surface area (Å²) in [4.78, 5) is 3.47. The first kappa shape index (κ1) is 9.03. The molecule has 1 aromatic heterocycles. The molecule has 0 radical (unpaired) electrons. The minimum Gasteiger partial charge on any atom is -0.370 e. The summed E-state index contributed by atoms with van der Waals surface area (Å²) in [5.41, 5.74) is 6.11. The second-order valence-electron chi connectivity index (χ2n) is 3.93. The lowest BCUT2D eigenvalue weighted by molar-refractivity contribution is 0.645. The Hall–Kier alpha value is -0.540. The van der Waals surface area contributed by atoms with Gasteiger partial charge in [-0.2, -0.15) is 0 Å². The third kappa shape index (κ3) is 1.86. The highest BCUT2D eigenvalue weighted by Crippen LogP contribution is 2.42. The summed E-state index contributed by atoms with van der Waals surface area (Å²) in [6.07, 6.45) is 2.63. The van der Waals surface area contributed by atoms with Crippen LogP contribution >= 0.6 is 11.3 Å². The molecule has 1 heterocycles. The second kappa shape index (κ2) is 3.31. The molecule has 2 rings (SSSR count). The van der Waals surface area contributed by atoms with Crippen molar-refractivity contribution in [3.8, 4) is 0 Å². The zero-order chi connectivity index (χ0) is 9.42. The summed E-state index contributed by atoms with van der Waals surface area (Å²) in [7, 11) is 4.14. The number of thiophene rings is 1. The van der Waals surface area contributed by atoms with E-state index in [0.29, 0.717) is 6.04 Å². The molecule has 1 saturated carbocycles. The zero-order valence-corrected chi connectivity index (χ0v) is 8.97. The molecule has 3 heteroatoms. The van der Waals surface area contributed by atoms with Gasteiger partial charge in [-0.1, -0.05) is 0 Å². The first-order valence-electron chi connectivity index (χ1n) is 4.71. The van der Waals surface area contributed by atoms with E-state index in [1.165, 1.54) is 22.7 Å². The van der Waals surface area contributed by atoms with E-state index in [9.17, 15) is 0 Å². The Morgan fingerprint density at radius 2 is 2.15 bits per heavy atom. The fourth-order valence-electron chi connectivity index (χ4n) is 1.45. The minimum absolute atomic E-state index is 0.290. The molecular formula is C10H16N2S. The molecule has 0 bridgehead atoms. The molecule has 1 atom stereocenters. The van der Waals surface area contributed by atoms with Crippen LogP contribution in [0, 0.1) is 5.92 Å². The minimum atomic E-state index is 0.290. The van der Waals surface area contributed by atoms with Gasteiger partial charge in [0.15, 0.2) is 0 Å². The number of anilines is 1. The van der Waals surface area contributed by atoms with E-state index in [4.69, 9.17) is 5.73 Å². The topological polar surface area (TPSA) is 29.3 Å². The maximum atomic E-state index is 6.11. The van der Waals surface area contributed by atoms with Crippen LogP contribution in [0.5, 0.6) is 0 Å². The molecule has 0 aliphatic heterocycles. The quantitative estimate of drug-likeness (QED) is 0.803. The van der Waals surface area contributed by atoms with Crippen molar-refractivity contribution in [1.29, 1.82) is 0 Å². The molecule has 0 aromatic carbocycles. The number of hydrogen-bond acceptors (Lipinski definition) is 3. The predicted octanol–water partition coefficient (Wildman–Crippen LogP) is 2.22. The fraction of sp³-hybridized carbons (Fsp3) is 0.600. The Bertz CT molecular complexity index is 289. The van der Waals surface area contributed by atoms with Crippen LogP contribution in [0.25, 0.3) is 0 Å². The van der Waals surface area contributed by atoms with Gasteiger partial charge < -0.3 is 10.6 Å². The van der Waals surface area contributed by atoms with Crippen LogP contribution in [0.3, 0.4) is 0 Å². The first-order chi connectivity index (χ1) is 6.18. The predicted molar refractivity (Wildman–Crippen MR) is 58.3 cm³/mol. The molecule has 1 aliphatic carbocycles. The summed E-state index contributed by atoms with van der Waals surface area (Å²) >= 11 is 1.82. The van der Waals surface area contributed by atoms with E-state index < -0.39 is 0 Å². The Balaban J connectivity index is 2.11. The smallest absolute Gasteiger partial charge is 0.0906 e. The lowest BCUT2D eigenvalue weighted by atomic mass is 10.2. The molecular weight excluding hydrogens is 180 g/mol. The van der Waals surface area contributed by atoms with Gasteiger partial charge in [0.2, 0.25) is 0 Å². The Labute approximate surface area is 83.4 Å². The molecule has 13 heavy (non-hydrogen) atoms. The molecule has 1 aliphatic rings. The maximum absolute atomic E-state index is 6.11. The molecule has 72 valence electrons. The van der Waals surface area contributed by atoms with Crippen molar-refractivity contribution < 1.29 is 0 Å². The molecule has 2 nitrogen and oxygen atoms in total. The van der Waals surface area contributed by atoms with Gasteiger partial charge in [-0.15, -0.1) is 11.3 Å². The normalized spacial score (nSPS) is 18.7. The van der Waals surface area contributed by atoms with Crippen molar-refractivity contribution in [2.24, 2.45) is 11.7 Å². The van der Waals surface area contributed by atoms with E-state index in [1.54, 1.807) is 0 Å². The second-order valence-corrected chi connectivity index (χ2v) is 5.03. The SMILES string of the molecule is CN(C)c1ccc([C@H](N)C2CC2)s1. The lowest BCUT2D eigenvalue weighted by Crippen LogP contribution is -2.10. The molecule has 0 amide bonds. The Morgan fingerprint density at radius 1 is 1.46 bits per heavy atom. The van der Waals surface area contributed by atoms with Crippen LogP contribution < -0.4 is 10.6 Å². The van der Waals surface area contributed by atoms with Gasteiger partial charge in [-0.3, -0.25) is 0 Å². The van der Waals surface area contributed by atoms with Crippen molar-refractivity contribution in [3.63, 3.8) is 0 Å². The Kier molecular flexibility index (Phi) is 2.30. The van der Waals surface area contributed by atoms with Crippen molar-refractivity contribution in [3.05, 3.63) is 17.0 Å². The van der Waals surface area contributed by atoms with Crippen molar-refractivity contribution >= 4 is 16.3 Å². The number of hydrogen-bond donors (Lipinski definition) is 1. The van der Waals surface area contributed by atoms with E-state index >= 15 is 0 Å². The zero-order valence-electron chi connectivity index (χ0n) is 8.16. The molecule has 1 fully saturated rings. The fourth-order valence-corrected chi connectivity index (χ4v) is 2.47. The van der Waals surface area contributed by atoms with Gasteiger partial charge in [0, 0.05) is 25.0 Å². The third-order valence-corrected chi connectivity index (χ3v) is 3.87. The average Bonchev–Trinajstić information content (AvgIpc) is 2.81. The summed E-state index contributed by atoms with van der Waals surface area (Å²) in [6.45, 7) is 0. The van der Waals surface area contributed by atoms with Gasteiger partial charge in [0.05, 0.1) is 5.00 Å². The van der Waals surface area contributed by atoms with Crippen LogP contribution in [-0.2, 0) is 0 Å². The molecule has 2 N–H and O–H groups in total. The molecule has 0 spiro atoms. The standard InChI is InChI=1S/C10H16N2S/c1-12(2)9-6-5-8(13-9)10(11)7-3-4-7/h5-7,10H,3-4,11H2,1-2H3/t10-/m1/s1. The van der Waals surface area contributed by atoms with Gasteiger partial charge in [-0.05, 0) is 30.9 Å². The molecule has 0 saturated heterocycles. The average molecular weight is 196 g/mol. The van der Waals surface area contributed by atoms with E-state index in [1.807, 2.05) is 11.3 Å². The van der Waals surface area contributed by atoms with Crippen molar-refractivity contribution in [1.82, 2.24) is 0 Å². The van der Waals surface area contributed by atoms with Crippen LogP contribution in [0.2, 0.25) is 0 Å². The first-order valence-corrected chi connectivity index (χ1v) is 5.53. The Morgan fingerprint density at radius 3 is 2.62 bits per heavy atom. The third-order valence-electron chi connectivity index (χ3n) is 2.51. The van der Waals surface area contributed by atoms with Crippen LogP contribution in [0.15, 0.2) is 12.1 Å². The number of nitrogens with two attached hydrogens (primary N) is 1. The number of rotatable bonds is 3. The highest BCUT2D eigenvalue weighted by atomic mass is 32.1. The maximum Gasteiger partial charge on any atom is 0.0906 e. The highest BCUT2D eigenvalue weighted by molar-refractivity contribution is 7.16. The van der Waals surface area contributed by atoms with Crippen LogP contribution in [-0.4, -0.2) is 14.1 Å². The van der Waals surface area contributed by atoms with E-state index in [2.05, 4.69) is 31.1 Å². The van der Waals surface area contributed by atoms with Crippen LogP contribution in [0.1, 0.15) is 23.8 Å². The van der Waals surface area contributed by atoms with Gasteiger partial charge in [0.1, 0.15) is 0 Å². The molecule has 0 unspecified atom stereocenters. The lowest BCUT2D eigenvalue weighted by Gasteiger charge is -2.09. The summed E-state index contributed by atoms with van der Waals surface area (Å²) < 4.78 is 0. The summed E-state index contributed by atoms with van der Waals surface area (Å²) in [6, 6.07) is 4.62. The van der Waals surface area contributed by atoms with Gasteiger partial charge in [0.25, 0.3) is 0 Å². The van der Waals surface area contributed by atoms with E-state index in [0.717, 1.165) is 5.92 Å². The monoisotopic (exact) mass is 196 g/mol. The van der Waals surface area contributed by atoms with Gasteiger partial charge >= 0.3 is 0 Å². The van der Waals surface area contributed by atoms with Crippen molar-refractivity contribution in [2.45, 2.75) is 18.9 Å². The van der Waals surface area contributed by atoms with Gasteiger partial charge in [-0.25, -0.2) is 0 Å². The summed E-state index contributed by atoms with van der Waals surface area (Å²) in [5.74, 6) is 0.758.